The topological polar surface area (TPSA) is 46.3 Å². The first-order valence-corrected chi connectivity index (χ1v) is 6.41. The van der Waals surface area contributed by atoms with E-state index >= 15 is 0 Å². The predicted octanol–water partition coefficient (Wildman–Crippen LogP) is 2.38. The van der Waals surface area contributed by atoms with E-state index in [1.54, 1.807) is 6.20 Å². The third kappa shape index (κ3) is 2.10. The number of rotatable bonds is 3. The lowest BCUT2D eigenvalue weighted by atomic mass is 9.99. The average molecular weight is 244 g/mol. The van der Waals surface area contributed by atoms with Crippen LogP contribution in [-0.4, -0.2) is 28.9 Å². The molecule has 1 amide bonds. The molecule has 1 aliphatic rings. The van der Waals surface area contributed by atoms with Gasteiger partial charge in [-0.2, -0.15) is 0 Å². The molecule has 0 aliphatic carbocycles. The highest BCUT2D eigenvalue weighted by Crippen LogP contribution is 2.23. The zero-order valence-corrected chi connectivity index (χ0v) is 10.2. The summed E-state index contributed by atoms with van der Waals surface area (Å²) in [5.41, 5.74) is 1.71. The van der Waals surface area contributed by atoms with Gasteiger partial charge in [0.1, 0.15) is 11.3 Å². The summed E-state index contributed by atoms with van der Waals surface area (Å²) in [5.74, 6) is 0.919. The monoisotopic (exact) mass is 244 g/mol. The molecule has 1 atom stereocenters. The maximum Gasteiger partial charge on any atom is 0.209 e. The first-order chi connectivity index (χ1) is 8.86. The molecule has 3 rings (SSSR count). The Bertz CT molecular complexity index is 516. The number of furan rings is 1. The summed E-state index contributed by atoms with van der Waals surface area (Å²) >= 11 is 0. The number of carbonyl (C=O) groups excluding carboxylic acids is 1. The molecule has 0 radical (unpaired) electrons. The van der Waals surface area contributed by atoms with Gasteiger partial charge >= 0.3 is 0 Å². The molecule has 1 fully saturated rings. The van der Waals surface area contributed by atoms with E-state index in [1.807, 2.05) is 23.1 Å². The molecule has 1 unspecified atom stereocenters. The van der Waals surface area contributed by atoms with Gasteiger partial charge in [-0.25, -0.2) is 0 Å². The molecule has 18 heavy (non-hydrogen) atoms. The number of hydrogen-bond donors (Lipinski definition) is 0. The first kappa shape index (κ1) is 11.3. The lowest BCUT2D eigenvalue weighted by Crippen LogP contribution is -2.39. The normalized spacial score (nSPS) is 20.2. The van der Waals surface area contributed by atoms with Crippen LogP contribution in [0, 0.1) is 0 Å². The molecule has 1 saturated heterocycles. The summed E-state index contributed by atoms with van der Waals surface area (Å²) in [6, 6.07) is 6.04. The molecule has 0 bridgehead atoms. The maximum atomic E-state index is 11.0. The number of pyridine rings is 1. The Balaban J connectivity index is 1.80. The van der Waals surface area contributed by atoms with E-state index < -0.39 is 0 Å². The third-order valence-corrected chi connectivity index (χ3v) is 3.58. The fraction of sp³-hybridized carbons (Fsp3) is 0.429. The second-order valence-corrected chi connectivity index (χ2v) is 4.80. The van der Waals surface area contributed by atoms with Crippen LogP contribution >= 0.6 is 0 Å². The number of fused-ring (bicyclic) bond motifs is 1. The smallest absolute Gasteiger partial charge is 0.209 e. The van der Waals surface area contributed by atoms with Crippen molar-refractivity contribution in [2.45, 2.75) is 31.7 Å². The predicted molar refractivity (Wildman–Crippen MR) is 68.1 cm³/mol. The molecule has 0 aromatic carbocycles. The molecule has 0 N–H and O–H groups in total. The van der Waals surface area contributed by atoms with Gasteiger partial charge in [-0.05, 0) is 31.4 Å². The number of aromatic nitrogens is 1. The van der Waals surface area contributed by atoms with Crippen molar-refractivity contribution in [1.29, 1.82) is 0 Å². The molecule has 0 saturated carbocycles. The van der Waals surface area contributed by atoms with E-state index in [1.165, 1.54) is 6.42 Å². The lowest BCUT2D eigenvalue weighted by molar-refractivity contribution is -0.121. The van der Waals surface area contributed by atoms with E-state index in [0.717, 1.165) is 49.1 Å². The van der Waals surface area contributed by atoms with E-state index in [0.29, 0.717) is 0 Å². The van der Waals surface area contributed by atoms with Gasteiger partial charge in [0.05, 0.1) is 0 Å². The van der Waals surface area contributed by atoms with Crippen molar-refractivity contribution in [2.24, 2.45) is 0 Å². The van der Waals surface area contributed by atoms with Crippen LogP contribution in [0.5, 0.6) is 0 Å². The Kier molecular flexibility index (Phi) is 3.00. The molecule has 3 heterocycles. The van der Waals surface area contributed by atoms with E-state index in [2.05, 4.69) is 4.98 Å². The van der Waals surface area contributed by atoms with Crippen molar-refractivity contribution in [3.63, 3.8) is 0 Å². The second kappa shape index (κ2) is 4.80. The fourth-order valence-corrected chi connectivity index (χ4v) is 2.63. The molecule has 0 spiro atoms. The molecule has 2 aromatic heterocycles. The highest BCUT2D eigenvalue weighted by molar-refractivity contribution is 5.72. The molecule has 94 valence electrons. The van der Waals surface area contributed by atoms with Crippen molar-refractivity contribution in [3.05, 3.63) is 30.2 Å². The lowest BCUT2D eigenvalue weighted by Gasteiger charge is -2.32. The Morgan fingerprint density at radius 1 is 1.50 bits per heavy atom. The largest absolute Gasteiger partial charge is 0.459 e. The van der Waals surface area contributed by atoms with Crippen LogP contribution in [0.3, 0.4) is 0 Å². The molecule has 2 aromatic rings. The summed E-state index contributed by atoms with van der Waals surface area (Å²) in [6.07, 6.45) is 6.87. The highest BCUT2D eigenvalue weighted by atomic mass is 16.3. The Morgan fingerprint density at radius 2 is 2.44 bits per heavy atom. The molecule has 4 heteroatoms. The second-order valence-electron chi connectivity index (χ2n) is 4.80. The summed E-state index contributed by atoms with van der Waals surface area (Å²) in [5, 5.41) is 0. The summed E-state index contributed by atoms with van der Waals surface area (Å²) in [7, 11) is 0. The number of likely N-dealkylation sites (tertiary alicyclic amines) is 1. The third-order valence-electron chi connectivity index (χ3n) is 3.58. The van der Waals surface area contributed by atoms with Gasteiger partial charge in [0.15, 0.2) is 5.58 Å². The van der Waals surface area contributed by atoms with Gasteiger partial charge in [-0.3, -0.25) is 9.78 Å². The van der Waals surface area contributed by atoms with E-state index in [9.17, 15) is 4.79 Å². The number of carbonyl (C=O) groups is 1. The number of hydrogen-bond acceptors (Lipinski definition) is 3. The quantitative estimate of drug-likeness (QED) is 0.779. The number of amides is 1. The first-order valence-electron chi connectivity index (χ1n) is 6.41. The minimum atomic E-state index is 0.275. The zero-order valence-electron chi connectivity index (χ0n) is 10.2. The minimum absolute atomic E-state index is 0.275. The van der Waals surface area contributed by atoms with Crippen LogP contribution in [0.2, 0.25) is 0 Å². The Morgan fingerprint density at radius 3 is 3.28 bits per heavy atom. The van der Waals surface area contributed by atoms with Gasteiger partial charge in [-0.1, -0.05) is 0 Å². The standard InChI is InChI=1S/C14H16N2O2/c17-10-16-7-2-1-4-11(16)8-12-9-13-14(18-12)5-3-6-15-13/h3,5-6,9-11H,1-2,4,7-8H2. The summed E-state index contributed by atoms with van der Waals surface area (Å²) in [4.78, 5) is 17.2. The number of nitrogens with zero attached hydrogens (tertiary/aromatic N) is 2. The summed E-state index contributed by atoms with van der Waals surface area (Å²) < 4.78 is 5.76. The van der Waals surface area contributed by atoms with Gasteiger partial charge in [0, 0.05) is 31.3 Å². The maximum absolute atomic E-state index is 11.0. The van der Waals surface area contributed by atoms with Crippen molar-refractivity contribution in [3.8, 4) is 0 Å². The van der Waals surface area contributed by atoms with E-state index in [4.69, 9.17) is 4.42 Å². The molecular formula is C14H16N2O2. The van der Waals surface area contributed by atoms with Gasteiger partial charge in [0.25, 0.3) is 0 Å². The molecule has 1 aliphatic heterocycles. The van der Waals surface area contributed by atoms with Crippen LogP contribution in [0.1, 0.15) is 25.0 Å². The molecular weight excluding hydrogens is 228 g/mol. The van der Waals surface area contributed by atoms with Crippen molar-refractivity contribution >= 4 is 17.5 Å². The van der Waals surface area contributed by atoms with Crippen LogP contribution < -0.4 is 0 Å². The highest BCUT2D eigenvalue weighted by Gasteiger charge is 2.22. The van der Waals surface area contributed by atoms with Crippen molar-refractivity contribution in [1.82, 2.24) is 9.88 Å². The zero-order chi connectivity index (χ0) is 12.4. The SMILES string of the molecule is O=CN1CCCCC1Cc1cc2ncccc2o1. The van der Waals surface area contributed by atoms with E-state index in [-0.39, 0.29) is 6.04 Å². The van der Waals surface area contributed by atoms with Crippen molar-refractivity contribution in [2.75, 3.05) is 6.54 Å². The number of piperidine rings is 1. The van der Waals surface area contributed by atoms with Crippen molar-refractivity contribution < 1.29 is 9.21 Å². The molecule has 4 nitrogen and oxygen atoms in total. The van der Waals surface area contributed by atoms with Crippen LogP contribution in [-0.2, 0) is 11.2 Å². The Hall–Kier alpha value is -1.84. The minimum Gasteiger partial charge on any atom is -0.459 e. The van der Waals surface area contributed by atoms with Crippen LogP contribution in [0.4, 0.5) is 0 Å². The van der Waals surface area contributed by atoms with Crippen LogP contribution in [0.15, 0.2) is 28.8 Å². The summed E-state index contributed by atoms with van der Waals surface area (Å²) in [6.45, 7) is 0.868. The average Bonchev–Trinajstić information content (AvgIpc) is 2.81. The van der Waals surface area contributed by atoms with Gasteiger partial charge in [0.2, 0.25) is 6.41 Å². The van der Waals surface area contributed by atoms with Gasteiger partial charge in [-0.15, -0.1) is 0 Å². The Labute approximate surface area is 106 Å². The van der Waals surface area contributed by atoms with Gasteiger partial charge < -0.3 is 9.32 Å². The fourth-order valence-electron chi connectivity index (χ4n) is 2.63. The van der Waals surface area contributed by atoms with Crippen LogP contribution in [0.25, 0.3) is 11.1 Å².